The van der Waals surface area contributed by atoms with Crippen LogP contribution >= 0.6 is 0 Å². The van der Waals surface area contributed by atoms with Crippen molar-refractivity contribution in [1.82, 2.24) is 34.9 Å². The first-order valence-electron chi connectivity index (χ1n) is 14.7. The summed E-state index contributed by atoms with van der Waals surface area (Å²) in [5, 5.41) is 12.5. The molecule has 7 rings (SSSR count). The van der Waals surface area contributed by atoms with Crippen molar-refractivity contribution >= 4 is 39.1 Å². The normalized spacial score (nSPS) is 19.2. The number of likely N-dealkylation sites (tertiary alicyclic amines) is 2. The zero-order valence-electron chi connectivity index (χ0n) is 23.4. The second-order valence-corrected chi connectivity index (χ2v) is 11.7. The molecular weight excluding hydrogens is 512 g/mol. The summed E-state index contributed by atoms with van der Waals surface area (Å²) in [7, 11) is 2.21. The number of ketones is 1. The number of fused-ring (bicyclic) bond motifs is 2. The molecule has 9 nitrogen and oxygen atoms in total. The Balaban J connectivity index is 1.03. The minimum absolute atomic E-state index is 0.204. The van der Waals surface area contributed by atoms with Gasteiger partial charge in [-0.3, -0.25) is 9.89 Å². The van der Waals surface area contributed by atoms with E-state index in [4.69, 9.17) is 4.98 Å². The molecule has 0 bridgehead atoms. The molecule has 0 saturated carbocycles. The van der Waals surface area contributed by atoms with Gasteiger partial charge in [0.05, 0.1) is 17.4 Å². The maximum absolute atomic E-state index is 13.4. The molecule has 41 heavy (non-hydrogen) atoms. The number of carbonyl (C=O) groups excluding carboxylic acids is 1. The smallest absolute Gasteiger partial charge is 0.179 e. The summed E-state index contributed by atoms with van der Waals surface area (Å²) in [4.78, 5) is 31.1. The van der Waals surface area contributed by atoms with Crippen LogP contribution in [0.2, 0.25) is 0 Å². The van der Waals surface area contributed by atoms with Gasteiger partial charge in [0.2, 0.25) is 0 Å². The lowest BCUT2D eigenvalue weighted by molar-refractivity contribution is 0.0700. The molecule has 2 aliphatic heterocycles. The topological polar surface area (TPSA) is 106 Å². The van der Waals surface area contributed by atoms with Gasteiger partial charge in [-0.05, 0) is 94.7 Å². The Morgan fingerprint density at radius 3 is 2.80 bits per heavy atom. The van der Waals surface area contributed by atoms with E-state index in [1.54, 1.807) is 12.4 Å². The Morgan fingerprint density at radius 1 is 1.00 bits per heavy atom. The van der Waals surface area contributed by atoms with E-state index in [0.717, 1.165) is 46.0 Å². The molecule has 1 atom stereocenters. The minimum atomic E-state index is 0.204. The Morgan fingerprint density at radius 2 is 1.90 bits per heavy atom. The third-order valence-corrected chi connectivity index (χ3v) is 8.78. The van der Waals surface area contributed by atoms with Crippen LogP contribution < -0.4 is 5.32 Å². The molecule has 2 fully saturated rings. The fourth-order valence-corrected chi connectivity index (χ4v) is 6.48. The number of nitrogens with one attached hydrogen (secondary N) is 3. The molecule has 5 aromatic rings. The molecule has 0 amide bonds. The number of hydrogen-bond donors (Lipinski definition) is 3. The van der Waals surface area contributed by atoms with E-state index in [9.17, 15) is 4.79 Å². The minimum Gasteiger partial charge on any atom is -0.352 e. The highest BCUT2D eigenvalue weighted by molar-refractivity contribution is 6.00. The van der Waals surface area contributed by atoms with E-state index in [-0.39, 0.29) is 5.78 Å². The van der Waals surface area contributed by atoms with Crippen molar-refractivity contribution in [1.29, 1.82) is 0 Å². The Hall–Kier alpha value is -4.08. The molecule has 2 saturated heterocycles. The van der Waals surface area contributed by atoms with E-state index >= 15 is 0 Å². The van der Waals surface area contributed by atoms with Gasteiger partial charge < -0.3 is 20.1 Å². The fourth-order valence-electron chi connectivity index (χ4n) is 6.48. The summed E-state index contributed by atoms with van der Waals surface area (Å²) in [6, 6.07) is 16.6. The Kier molecular flexibility index (Phi) is 6.98. The van der Waals surface area contributed by atoms with Crippen LogP contribution in [0.4, 0.5) is 11.5 Å². The first-order valence-corrected chi connectivity index (χ1v) is 14.7. The van der Waals surface area contributed by atoms with Crippen molar-refractivity contribution < 1.29 is 4.79 Å². The molecule has 9 heteroatoms. The van der Waals surface area contributed by atoms with Crippen LogP contribution in [-0.2, 0) is 0 Å². The molecule has 2 aliphatic rings. The number of aromatic nitrogens is 5. The monoisotopic (exact) mass is 548 g/mol. The lowest BCUT2D eigenvalue weighted by Crippen LogP contribution is -2.48. The zero-order valence-corrected chi connectivity index (χ0v) is 23.4. The summed E-state index contributed by atoms with van der Waals surface area (Å²) in [5.74, 6) is 1.97. The maximum Gasteiger partial charge on any atom is 0.179 e. The van der Waals surface area contributed by atoms with E-state index in [1.165, 1.54) is 38.9 Å². The van der Waals surface area contributed by atoms with Gasteiger partial charge in [-0.25, -0.2) is 9.97 Å². The van der Waals surface area contributed by atoms with Crippen molar-refractivity contribution in [3.05, 3.63) is 66.6 Å². The third kappa shape index (κ3) is 5.60. The zero-order chi connectivity index (χ0) is 27.8. The number of piperidine rings is 2. The number of H-pyrrole nitrogens is 2. The van der Waals surface area contributed by atoms with E-state index in [0.29, 0.717) is 35.7 Å². The van der Waals surface area contributed by atoms with Gasteiger partial charge in [0.25, 0.3) is 0 Å². The highest BCUT2D eigenvalue weighted by atomic mass is 16.1. The van der Waals surface area contributed by atoms with Crippen molar-refractivity contribution in [2.45, 2.75) is 38.1 Å². The van der Waals surface area contributed by atoms with Crippen LogP contribution in [0, 0.1) is 5.92 Å². The van der Waals surface area contributed by atoms with Gasteiger partial charge in [0.15, 0.2) is 11.6 Å². The summed E-state index contributed by atoms with van der Waals surface area (Å²) in [6.45, 7) is 4.57. The van der Waals surface area contributed by atoms with Gasteiger partial charge in [-0.2, -0.15) is 5.10 Å². The summed E-state index contributed by atoms with van der Waals surface area (Å²) < 4.78 is 0. The molecule has 5 heterocycles. The molecule has 0 spiro atoms. The number of Topliss-reactive ketones (excluding diaryl/α,β-unsaturated/α-hetero) is 1. The largest absolute Gasteiger partial charge is 0.352 e. The number of nitrogens with zero attached hydrogens (tertiary/aromatic N) is 5. The molecular formula is C32H36N8O. The average Bonchev–Trinajstić information content (AvgIpc) is 3.64. The fraction of sp³-hybridized carbons (Fsp3) is 0.375. The number of hydrogen-bond acceptors (Lipinski definition) is 7. The number of rotatable bonds is 7. The van der Waals surface area contributed by atoms with Crippen molar-refractivity contribution in [3.63, 3.8) is 0 Å². The molecule has 210 valence electrons. The molecule has 0 radical (unpaired) electrons. The molecule has 0 aliphatic carbocycles. The Bertz CT molecular complexity index is 1680. The second-order valence-electron chi connectivity index (χ2n) is 11.7. The second kappa shape index (κ2) is 11.1. The van der Waals surface area contributed by atoms with Crippen LogP contribution in [0.15, 0.2) is 60.9 Å². The van der Waals surface area contributed by atoms with Gasteiger partial charge in [0.1, 0.15) is 5.82 Å². The number of aromatic amines is 2. The van der Waals surface area contributed by atoms with E-state index < -0.39 is 0 Å². The van der Waals surface area contributed by atoms with Gasteiger partial charge in [-0.15, -0.1) is 0 Å². The van der Waals surface area contributed by atoms with Crippen LogP contribution in [0.3, 0.4) is 0 Å². The molecule has 2 aromatic carbocycles. The van der Waals surface area contributed by atoms with Crippen LogP contribution in [0.25, 0.3) is 33.2 Å². The van der Waals surface area contributed by atoms with Crippen molar-refractivity contribution in [2.24, 2.45) is 5.92 Å². The maximum atomic E-state index is 13.4. The number of anilines is 2. The Labute approximate surface area is 239 Å². The van der Waals surface area contributed by atoms with Gasteiger partial charge in [-0.1, -0.05) is 12.1 Å². The van der Waals surface area contributed by atoms with Gasteiger partial charge in [0, 0.05) is 52.7 Å². The van der Waals surface area contributed by atoms with Crippen LogP contribution in [0.5, 0.6) is 0 Å². The lowest BCUT2D eigenvalue weighted by atomic mass is 9.90. The highest BCUT2D eigenvalue weighted by Crippen LogP contribution is 2.29. The lowest BCUT2D eigenvalue weighted by Gasteiger charge is -2.41. The standard InChI is InChI=1S/C32H36N8O/c1-39-13-9-26(10-14-39)40-12-2-3-21(20-40)15-30(41)29-17-22-4-5-23(18-28(22)36-29)32-33-11-8-31(37-32)35-25-6-7-27-24(16-25)19-34-38-27/h4-8,11,16-19,21,26,36H,2-3,9-10,12-15,20H2,1H3,(H,34,38)(H,33,35,37). The SMILES string of the molecule is CN1CCC(N2CCCC(CC(=O)c3cc4ccc(-c5nccc(Nc6ccc7[nH]ncc7c6)n5)cc4[nH]3)C2)CC1. The first-order chi connectivity index (χ1) is 20.1. The predicted molar refractivity (Wildman–Crippen MR) is 162 cm³/mol. The van der Waals surface area contributed by atoms with Crippen molar-refractivity contribution in [3.8, 4) is 11.4 Å². The molecule has 3 N–H and O–H groups in total. The highest BCUT2D eigenvalue weighted by Gasteiger charge is 2.29. The molecule has 1 unspecified atom stereocenters. The summed E-state index contributed by atoms with van der Waals surface area (Å²) >= 11 is 0. The first kappa shape index (κ1) is 25.9. The third-order valence-electron chi connectivity index (χ3n) is 8.78. The number of benzene rings is 2. The predicted octanol–water partition coefficient (Wildman–Crippen LogP) is 5.62. The summed E-state index contributed by atoms with van der Waals surface area (Å²) in [6.07, 6.45) is 8.97. The quantitative estimate of drug-likeness (QED) is 0.227. The number of carbonyl (C=O) groups is 1. The van der Waals surface area contributed by atoms with Crippen LogP contribution in [0.1, 0.15) is 42.6 Å². The molecule has 3 aromatic heterocycles. The van der Waals surface area contributed by atoms with E-state index in [1.807, 2.05) is 48.5 Å². The van der Waals surface area contributed by atoms with E-state index in [2.05, 4.69) is 42.3 Å². The van der Waals surface area contributed by atoms with Crippen molar-refractivity contribution in [2.75, 3.05) is 38.5 Å². The van der Waals surface area contributed by atoms with Gasteiger partial charge >= 0.3 is 0 Å². The average molecular weight is 549 g/mol. The van der Waals surface area contributed by atoms with Crippen LogP contribution in [-0.4, -0.2) is 80.0 Å². The summed E-state index contributed by atoms with van der Waals surface area (Å²) in [5.41, 5.74) is 4.44.